The predicted molar refractivity (Wildman–Crippen MR) is 94.7 cm³/mol. The molecule has 0 aliphatic heterocycles. The average molecular weight is 495 g/mol. The average Bonchev–Trinajstić information content (AvgIpc) is 2.33. The number of halogens is 3. The van der Waals surface area contributed by atoms with Crippen molar-refractivity contribution < 1.29 is 5.11 Å². The summed E-state index contributed by atoms with van der Waals surface area (Å²) in [4.78, 5) is 4.40. The second-order valence-corrected chi connectivity index (χ2v) is 6.97. The van der Waals surface area contributed by atoms with Gasteiger partial charge in [0.1, 0.15) is 5.75 Å². The van der Waals surface area contributed by atoms with Crippen molar-refractivity contribution in [2.75, 3.05) is 0 Å². The summed E-state index contributed by atoms with van der Waals surface area (Å²) in [5, 5.41) is 9.98. The van der Waals surface area contributed by atoms with Gasteiger partial charge in [0.15, 0.2) is 0 Å². The van der Waals surface area contributed by atoms with Gasteiger partial charge in [-0.15, -0.1) is 0 Å². The van der Waals surface area contributed by atoms with Crippen LogP contribution in [0.1, 0.15) is 11.1 Å². The van der Waals surface area contributed by atoms with Crippen molar-refractivity contribution in [3.63, 3.8) is 0 Å². The number of nitrogens with zero attached hydrogens (tertiary/aromatic N) is 1. The fourth-order valence-corrected chi connectivity index (χ4v) is 3.69. The summed E-state index contributed by atoms with van der Waals surface area (Å²) in [6.07, 6.45) is 1.66. The van der Waals surface area contributed by atoms with Crippen molar-refractivity contribution in [1.82, 2.24) is 0 Å². The molecule has 0 heterocycles. The largest absolute Gasteiger partial charge is 0.506 e. The third kappa shape index (κ3) is 3.79. The Morgan fingerprint density at radius 1 is 1.21 bits per heavy atom. The highest BCUT2D eigenvalue weighted by atomic mass is 127. The number of benzene rings is 2. The fourth-order valence-electron chi connectivity index (χ4n) is 1.54. The molecule has 2 rings (SSSR count). The van der Waals surface area contributed by atoms with Gasteiger partial charge in [-0.1, -0.05) is 22.0 Å². The van der Waals surface area contributed by atoms with Crippen LogP contribution in [0.2, 0.25) is 0 Å². The van der Waals surface area contributed by atoms with E-state index in [1.807, 2.05) is 37.3 Å². The summed E-state index contributed by atoms with van der Waals surface area (Å²) in [6.45, 7) is 2.03. The minimum absolute atomic E-state index is 0.246. The van der Waals surface area contributed by atoms with Crippen LogP contribution < -0.4 is 0 Å². The van der Waals surface area contributed by atoms with Crippen LogP contribution in [0, 0.1) is 10.5 Å². The van der Waals surface area contributed by atoms with E-state index in [4.69, 9.17) is 0 Å². The number of phenolic OH excluding ortho intramolecular Hbond substituents is 1. The van der Waals surface area contributed by atoms with E-state index in [9.17, 15) is 5.11 Å². The molecule has 98 valence electrons. The monoisotopic (exact) mass is 493 g/mol. The molecule has 0 saturated heterocycles. The third-order valence-electron chi connectivity index (χ3n) is 2.50. The molecule has 2 aromatic rings. The van der Waals surface area contributed by atoms with Gasteiger partial charge >= 0.3 is 0 Å². The first-order valence-electron chi connectivity index (χ1n) is 5.45. The maximum atomic E-state index is 9.98. The first-order valence-corrected chi connectivity index (χ1v) is 8.12. The predicted octanol–water partition coefficient (Wildman–Crippen LogP) is 5.58. The van der Waals surface area contributed by atoms with Crippen LogP contribution in [-0.4, -0.2) is 11.3 Å². The SMILES string of the molecule is Cc1ccc(N=Cc2cc(Br)cc(I)c2O)c(Br)c1. The zero-order valence-electron chi connectivity index (χ0n) is 9.99. The van der Waals surface area contributed by atoms with Crippen LogP contribution in [0.3, 0.4) is 0 Å². The van der Waals surface area contributed by atoms with Gasteiger partial charge in [0.25, 0.3) is 0 Å². The van der Waals surface area contributed by atoms with Crippen molar-refractivity contribution in [1.29, 1.82) is 0 Å². The van der Waals surface area contributed by atoms with E-state index in [-0.39, 0.29) is 5.75 Å². The molecular formula is C14H10Br2INO. The van der Waals surface area contributed by atoms with Gasteiger partial charge in [-0.05, 0) is 75.3 Å². The molecule has 2 aromatic carbocycles. The lowest BCUT2D eigenvalue weighted by molar-refractivity contribution is 0.470. The first kappa shape index (κ1) is 15.0. The topological polar surface area (TPSA) is 32.6 Å². The van der Waals surface area contributed by atoms with Crippen molar-refractivity contribution >= 4 is 66.4 Å². The Morgan fingerprint density at radius 3 is 2.63 bits per heavy atom. The second kappa shape index (κ2) is 6.37. The highest BCUT2D eigenvalue weighted by molar-refractivity contribution is 14.1. The standard InChI is InChI=1S/C14H10Br2INO/c1-8-2-3-13(11(16)4-8)18-7-9-5-10(15)6-12(17)14(9)19/h2-7,19H,1H3. The Balaban J connectivity index is 2.38. The number of aromatic hydroxyl groups is 1. The molecule has 0 atom stereocenters. The molecular weight excluding hydrogens is 485 g/mol. The van der Waals surface area contributed by atoms with E-state index < -0.39 is 0 Å². The van der Waals surface area contributed by atoms with E-state index in [0.717, 1.165) is 18.2 Å². The molecule has 0 saturated carbocycles. The maximum Gasteiger partial charge on any atom is 0.137 e. The van der Waals surface area contributed by atoms with Gasteiger partial charge in [-0.2, -0.15) is 0 Å². The molecule has 0 fully saturated rings. The van der Waals surface area contributed by atoms with Gasteiger partial charge in [0.2, 0.25) is 0 Å². The molecule has 0 aliphatic rings. The van der Waals surface area contributed by atoms with Crippen LogP contribution in [0.4, 0.5) is 5.69 Å². The quantitative estimate of drug-likeness (QED) is 0.429. The van der Waals surface area contributed by atoms with Crippen LogP contribution in [0.25, 0.3) is 0 Å². The Bertz CT molecular complexity index is 656. The molecule has 0 unspecified atom stereocenters. The van der Waals surface area contributed by atoms with Crippen molar-refractivity contribution in [3.05, 3.63) is 54.0 Å². The van der Waals surface area contributed by atoms with E-state index >= 15 is 0 Å². The smallest absolute Gasteiger partial charge is 0.137 e. The van der Waals surface area contributed by atoms with Gasteiger partial charge < -0.3 is 5.11 Å². The number of rotatable bonds is 2. The maximum absolute atomic E-state index is 9.98. The Morgan fingerprint density at radius 2 is 1.95 bits per heavy atom. The minimum Gasteiger partial charge on any atom is -0.506 e. The zero-order chi connectivity index (χ0) is 14.0. The summed E-state index contributed by atoms with van der Waals surface area (Å²) in [7, 11) is 0. The summed E-state index contributed by atoms with van der Waals surface area (Å²) in [5.41, 5.74) is 2.69. The van der Waals surface area contributed by atoms with E-state index in [0.29, 0.717) is 5.56 Å². The Kier molecular flexibility index (Phi) is 5.03. The molecule has 2 nitrogen and oxygen atoms in total. The number of phenols is 1. The van der Waals surface area contributed by atoms with Crippen LogP contribution >= 0.6 is 54.5 Å². The lowest BCUT2D eigenvalue weighted by atomic mass is 10.2. The normalized spacial score (nSPS) is 11.2. The Hall–Kier alpha value is -0.400. The van der Waals surface area contributed by atoms with Gasteiger partial charge in [0, 0.05) is 20.7 Å². The van der Waals surface area contributed by atoms with Crippen molar-refractivity contribution in [2.45, 2.75) is 6.92 Å². The highest BCUT2D eigenvalue weighted by Gasteiger charge is 2.05. The molecule has 5 heteroatoms. The molecule has 19 heavy (non-hydrogen) atoms. The minimum atomic E-state index is 0.246. The van der Waals surface area contributed by atoms with Crippen LogP contribution in [0.5, 0.6) is 5.75 Å². The highest BCUT2D eigenvalue weighted by Crippen LogP contribution is 2.29. The van der Waals surface area contributed by atoms with Crippen LogP contribution in [-0.2, 0) is 0 Å². The van der Waals surface area contributed by atoms with Crippen LogP contribution in [0.15, 0.2) is 44.3 Å². The van der Waals surface area contributed by atoms with Gasteiger partial charge in [0.05, 0.1) is 9.26 Å². The molecule has 0 aliphatic carbocycles. The number of hydrogen-bond donors (Lipinski definition) is 1. The summed E-state index contributed by atoms with van der Waals surface area (Å²) < 4.78 is 2.64. The summed E-state index contributed by atoms with van der Waals surface area (Å²) in [6, 6.07) is 9.65. The molecule has 1 N–H and O–H groups in total. The van der Waals surface area contributed by atoms with Gasteiger partial charge in [-0.3, -0.25) is 4.99 Å². The number of hydrogen-bond acceptors (Lipinski definition) is 2. The van der Waals surface area contributed by atoms with Gasteiger partial charge in [-0.25, -0.2) is 0 Å². The Labute approximate surface area is 142 Å². The van der Waals surface area contributed by atoms with E-state index in [1.54, 1.807) is 6.21 Å². The molecule has 0 amide bonds. The molecule has 0 bridgehead atoms. The van der Waals surface area contributed by atoms with Crippen molar-refractivity contribution in [2.24, 2.45) is 4.99 Å². The fraction of sp³-hybridized carbons (Fsp3) is 0.0714. The number of aryl methyl sites for hydroxylation is 1. The van der Waals surface area contributed by atoms with Crippen molar-refractivity contribution in [3.8, 4) is 5.75 Å². The second-order valence-electron chi connectivity index (χ2n) is 4.04. The lowest BCUT2D eigenvalue weighted by Gasteiger charge is -2.03. The third-order valence-corrected chi connectivity index (χ3v) is 4.42. The molecule has 0 aromatic heterocycles. The van der Waals surface area contributed by atoms with E-state index in [2.05, 4.69) is 59.4 Å². The first-order chi connectivity index (χ1) is 8.97. The zero-order valence-corrected chi connectivity index (χ0v) is 15.3. The summed E-state index contributed by atoms with van der Waals surface area (Å²) in [5.74, 6) is 0.246. The molecule has 0 spiro atoms. The summed E-state index contributed by atoms with van der Waals surface area (Å²) >= 11 is 8.98. The number of aliphatic imine (C=N–C) groups is 1. The lowest BCUT2D eigenvalue weighted by Crippen LogP contribution is -1.86. The van der Waals surface area contributed by atoms with E-state index in [1.165, 1.54) is 5.56 Å². The molecule has 0 radical (unpaired) electrons.